The number of para-hydroxylation sites is 1. The van der Waals surface area contributed by atoms with Gasteiger partial charge in [-0.2, -0.15) is 0 Å². The van der Waals surface area contributed by atoms with E-state index >= 15 is 0 Å². The van der Waals surface area contributed by atoms with Gasteiger partial charge in [-0.3, -0.25) is 0 Å². The molecule has 0 saturated carbocycles. The van der Waals surface area contributed by atoms with Gasteiger partial charge in [-0.05, 0) is 51.7 Å². The van der Waals surface area contributed by atoms with Crippen LogP contribution in [-0.2, 0) is 9.84 Å². The Kier molecular flexibility index (Phi) is 7.19. The molecule has 33 heavy (non-hydrogen) atoms. The Morgan fingerprint density at radius 1 is 1.18 bits per heavy atom. The van der Waals surface area contributed by atoms with Crippen LogP contribution in [0.5, 0.6) is 0 Å². The topological polar surface area (TPSA) is 132 Å². The van der Waals surface area contributed by atoms with Gasteiger partial charge in [-0.15, -0.1) is 10.2 Å². The van der Waals surface area contributed by atoms with Gasteiger partial charge in [-0.1, -0.05) is 44.7 Å². The average molecular weight is 531 g/mol. The van der Waals surface area contributed by atoms with Gasteiger partial charge in [-0.25, -0.2) is 13.4 Å². The van der Waals surface area contributed by atoms with E-state index < -0.39 is 9.84 Å². The monoisotopic (exact) mass is 530 g/mol. The maximum Gasteiger partial charge on any atom is 0.267 e. The van der Waals surface area contributed by atoms with E-state index in [1.165, 1.54) is 12.1 Å². The Bertz CT molecular complexity index is 1370. The standard InChI is InChI=1S/C23H23BrN4O4S/c1-13(2)17-10-5-6-11-18(17)26-21(19(24)20(25)14(3)29)23-28-27-22(32-23)15-8-7-9-16(12-15)33(4,30)31/h5-13,29H,3,25H2,1-2,4H3. The van der Waals surface area contributed by atoms with Crippen LogP contribution in [0.1, 0.15) is 31.2 Å². The summed E-state index contributed by atoms with van der Waals surface area (Å²) in [5.41, 5.74) is 8.20. The molecule has 172 valence electrons. The Morgan fingerprint density at radius 3 is 2.52 bits per heavy atom. The van der Waals surface area contributed by atoms with E-state index in [1.54, 1.807) is 12.1 Å². The van der Waals surface area contributed by atoms with Crippen molar-refractivity contribution in [2.24, 2.45) is 10.7 Å². The van der Waals surface area contributed by atoms with Crippen LogP contribution in [0.2, 0.25) is 0 Å². The minimum atomic E-state index is -3.41. The van der Waals surface area contributed by atoms with Crippen molar-refractivity contribution in [1.29, 1.82) is 0 Å². The molecule has 3 N–H and O–H groups in total. The number of hydrogen-bond donors (Lipinski definition) is 2. The van der Waals surface area contributed by atoms with E-state index in [2.05, 4.69) is 32.7 Å². The summed E-state index contributed by atoms with van der Waals surface area (Å²) in [4.78, 5) is 4.83. The van der Waals surface area contributed by atoms with Crippen LogP contribution < -0.4 is 5.73 Å². The molecule has 0 saturated heterocycles. The van der Waals surface area contributed by atoms with Crippen molar-refractivity contribution >= 4 is 37.2 Å². The Hall–Kier alpha value is -3.24. The van der Waals surface area contributed by atoms with Crippen LogP contribution >= 0.6 is 15.9 Å². The zero-order chi connectivity index (χ0) is 24.3. The van der Waals surface area contributed by atoms with Crippen molar-refractivity contribution in [3.05, 3.63) is 82.5 Å². The van der Waals surface area contributed by atoms with Gasteiger partial charge in [0.2, 0.25) is 5.89 Å². The summed E-state index contributed by atoms with van der Waals surface area (Å²) in [5, 5.41) is 17.9. The molecule has 0 radical (unpaired) electrons. The predicted octanol–water partition coefficient (Wildman–Crippen LogP) is 5.02. The fourth-order valence-corrected chi connectivity index (χ4v) is 4.09. The van der Waals surface area contributed by atoms with Crippen LogP contribution in [0.4, 0.5) is 5.69 Å². The summed E-state index contributed by atoms with van der Waals surface area (Å²) in [6.45, 7) is 7.54. The lowest BCUT2D eigenvalue weighted by molar-refractivity contribution is 0.425. The van der Waals surface area contributed by atoms with E-state index in [-0.39, 0.29) is 44.2 Å². The van der Waals surface area contributed by atoms with E-state index in [9.17, 15) is 13.5 Å². The summed E-state index contributed by atoms with van der Waals surface area (Å²) in [5.74, 6) is -0.0465. The third-order valence-electron chi connectivity index (χ3n) is 4.68. The molecule has 0 fully saturated rings. The molecule has 2 aromatic carbocycles. The molecule has 0 atom stereocenters. The number of allylic oxidation sites excluding steroid dienone is 1. The molecular formula is C23H23BrN4O4S. The first-order chi connectivity index (χ1) is 15.5. The molecule has 1 aromatic heterocycles. The van der Waals surface area contributed by atoms with E-state index in [4.69, 9.17) is 15.1 Å². The Balaban J connectivity index is 2.18. The zero-order valence-corrected chi connectivity index (χ0v) is 20.7. The van der Waals surface area contributed by atoms with Gasteiger partial charge in [0.05, 0.1) is 20.8 Å². The van der Waals surface area contributed by atoms with Crippen molar-refractivity contribution in [2.45, 2.75) is 24.7 Å². The van der Waals surface area contributed by atoms with Gasteiger partial charge in [0.25, 0.3) is 5.89 Å². The van der Waals surface area contributed by atoms with Gasteiger partial charge >= 0.3 is 0 Å². The highest BCUT2D eigenvalue weighted by atomic mass is 79.9. The van der Waals surface area contributed by atoms with Gasteiger partial charge in [0, 0.05) is 11.8 Å². The largest absolute Gasteiger partial charge is 0.506 e. The number of nitrogens with two attached hydrogens (primary N) is 1. The summed E-state index contributed by atoms with van der Waals surface area (Å²) < 4.78 is 29.9. The highest BCUT2D eigenvalue weighted by Gasteiger charge is 2.22. The number of nitrogens with zero attached hydrogens (tertiary/aromatic N) is 3. The van der Waals surface area contributed by atoms with E-state index in [1.807, 2.05) is 38.1 Å². The summed E-state index contributed by atoms with van der Waals surface area (Å²) in [6, 6.07) is 13.8. The minimum absolute atomic E-state index is 0.0180. The molecule has 3 aromatic rings. The lowest BCUT2D eigenvalue weighted by atomic mass is 10.0. The van der Waals surface area contributed by atoms with Gasteiger partial charge in [0.15, 0.2) is 9.84 Å². The van der Waals surface area contributed by atoms with E-state index in [0.717, 1.165) is 11.8 Å². The van der Waals surface area contributed by atoms with Crippen molar-refractivity contribution < 1.29 is 17.9 Å². The molecule has 0 aliphatic carbocycles. The van der Waals surface area contributed by atoms with Crippen LogP contribution in [0.25, 0.3) is 11.5 Å². The maximum atomic E-state index is 11.9. The number of aliphatic imine (C=N–C) groups is 1. The molecule has 0 aliphatic heterocycles. The van der Waals surface area contributed by atoms with Crippen molar-refractivity contribution in [1.82, 2.24) is 10.2 Å². The smallest absolute Gasteiger partial charge is 0.267 e. The van der Waals surface area contributed by atoms with Crippen molar-refractivity contribution in [3.8, 4) is 11.5 Å². The normalized spacial score (nSPS) is 13.2. The maximum absolute atomic E-state index is 11.9. The molecule has 0 bridgehead atoms. The summed E-state index contributed by atoms with van der Waals surface area (Å²) in [7, 11) is -3.41. The second-order valence-electron chi connectivity index (χ2n) is 7.56. The first-order valence-corrected chi connectivity index (χ1v) is 12.5. The first kappa shape index (κ1) is 24.4. The number of aliphatic hydroxyl groups is 1. The lowest BCUT2D eigenvalue weighted by Crippen LogP contribution is -2.11. The third kappa shape index (κ3) is 5.58. The molecule has 0 amide bonds. The molecular weight excluding hydrogens is 508 g/mol. The Morgan fingerprint density at radius 2 is 1.88 bits per heavy atom. The van der Waals surface area contributed by atoms with Gasteiger partial charge < -0.3 is 15.3 Å². The molecule has 8 nitrogen and oxygen atoms in total. The second-order valence-corrected chi connectivity index (χ2v) is 10.4. The fourth-order valence-electron chi connectivity index (χ4n) is 2.94. The minimum Gasteiger partial charge on any atom is -0.506 e. The van der Waals surface area contributed by atoms with Crippen molar-refractivity contribution in [3.63, 3.8) is 0 Å². The molecule has 0 aliphatic rings. The number of hydrogen-bond acceptors (Lipinski definition) is 8. The fraction of sp³-hybridized carbons (Fsp3) is 0.174. The summed E-state index contributed by atoms with van der Waals surface area (Å²) >= 11 is 3.37. The average Bonchev–Trinajstić information content (AvgIpc) is 3.26. The number of halogens is 1. The first-order valence-electron chi connectivity index (χ1n) is 9.85. The number of rotatable bonds is 7. The third-order valence-corrected chi connectivity index (χ3v) is 6.60. The van der Waals surface area contributed by atoms with Crippen LogP contribution in [0.3, 0.4) is 0 Å². The molecule has 3 rings (SSSR count). The number of aliphatic hydroxyl groups excluding tert-OH is 1. The lowest BCUT2D eigenvalue weighted by Gasteiger charge is -2.11. The van der Waals surface area contributed by atoms with Gasteiger partial charge in [0.1, 0.15) is 11.5 Å². The predicted molar refractivity (Wildman–Crippen MR) is 131 cm³/mol. The number of aromatic nitrogens is 2. The zero-order valence-electron chi connectivity index (χ0n) is 18.3. The Labute approximate surface area is 200 Å². The SMILES string of the molecule is C=C(O)C(N)=C(Br)C(=Nc1ccccc1C(C)C)c1nnc(-c2cccc(S(C)(=O)=O)c2)o1. The quantitative estimate of drug-likeness (QED) is 0.249. The summed E-state index contributed by atoms with van der Waals surface area (Å²) in [6.07, 6.45) is 1.12. The molecule has 1 heterocycles. The number of benzene rings is 2. The van der Waals surface area contributed by atoms with E-state index in [0.29, 0.717) is 11.3 Å². The molecule has 0 unspecified atom stereocenters. The van der Waals surface area contributed by atoms with Crippen LogP contribution in [0, 0.1) is 0 Å². The highest BCUT2D eigenvalue weighted by Crippen LogP contribution is 2.30. The second kappa shape index (κ2) is 9.72. The number of sulfone groups is 1. The van der Waals surface area contributed by atoms with Crippen LogP contribution in [0.15, 0.2) is 85.4 Å². The molecule has 0 spiro atoms. The molecule has 10 heteroatoms. The van der Waals surface area contributed by atoms with Crippen molar-refractivity contribution in [2.75, 3.05) is 6.26 Å². The van der Waals surface area contributed by atoms with Crippen LogP contribution in [-0.4, -0.2) is 35.7 Å². The highest BCUT2D eigenvalue weighted by molar-refractivity contribution is 9.12.